The van der Waals surface area contributed by atoms with Crippen LogP contribution >= 0.6 is 12.2 Å². The van der Waals surface area contributed by atoms with Crippen LogP contribution in [-0.2, 0) is 14.3 Å². The molecule has 10 heteroatoms. The molecule has 3 heterocycles. The van der Waals surface area contributed by atoms with Crippen molar-refractivity contribution in [3.8, 4) is 5.69 Å². The molecule has 0 saturated carbocycles. The minimum atomic E-state index is -0.402. The van der Waals surface area contributed by atoms with Crippen molar-refractivity contribution in [2.75, 3.05) is 31.0 Å². The molecule has 0 unspecified atom stereocenters. The number of ether oxygens (including phenoxy) is 2. The highest BCUT2D eigenvalue weighted by Crippen LogP contribution is 2.43. The van der Waals surface area contributed by atoms with E-state index in [1.54, 1.807) is 18.3 Å². The topological polar surface area (TPSA) is 97.7 Å². The number of aryl methyl sites for hydroxylation is 1. The van der Waals surface area contributed by atoms with E-state index >= 15 is 0 Å². The lowest BCUT2D eigenvalue weighted by molar-refractivity contribution is -0.119. The standard InChI is InChI=1S/C30H29N5O4S/c1-19-16-22(12-13-23(19)32-26(36)18-38-2)35-28(27(33-30(35)40)24-10-4-5-14-31-24)25-11-7-15-34(25)21-9-6-8-20(17-21)29(37)39-3/h4-17,27-28H,18H2,1-3H3,(H,32,36)(H,33,40)/t27-,28-/m1/s1. The molecule has 2 N–H and O–H groups in total. The number of aromatic nitrogens is 2. The summed E-state index contributed by atoms with van der Waals surface area (Å²) in [6.07, 6.45) is 3.72. The van der Waals surface area contributed by atoms with Gasteiger partial charge >= 0.3 is 5.97 Å². The number of methoxy groups -OCH3 is 2. The van der Waals surface area contributed by atoms with E-state index in [9.17, 15) is 9.59 Å². The number of benzene rings is 2. The minimum absolute atomic E-state index is 0.0245. The summed E-state index contributed by atoms with van der Waals surface area (Å²) in [6.45, 7) is 1.91. The van der Waals surface area contributed by atoms with Gasteiger partial charge in [-0.05, 0) is 85.4 Å². The molecular formula is C30H29N5O4S. The maximum absolute atomic E-state index is 12.2. The Bertz CT molecular complexity index is 1550. The molecule has 9 nitrogen and oxygen atoms in total. The zero-order valence-electron chi connectivity index (χ0n) is 22.3. The summed E-state index contributed by atoms with van der Waals surface area (Å²) in [5, 5.41) is 6.91. The molecule has 1 amide bonds. The van der Waals surface area contributed by atoms with Crippen molar-refractivity contribution < 1.29 is 19.1 Å². The highest BCUT2D eigenvalue weighted by atomic mass is 32.1. The average Bonchev–Trinajstić information content (AvgIpc) is 3.58. The maximum atomic E-state index is 12.2. The molecule has 1 fully saturated rings. The van der Waals surface area contributed by atoms with Gasteiger partial charge in [0.25, 0.3) is 0 Å². The summed E-state index contributed by atoms with van der Waals surface area (Å²) in [7, 11) is 2.85. The van der Waals surface area contributed by atoms with E-state index < -0.39 is 5.97 Å². The quantitative estimate of drug-likeness (QED) is 0.238. The van der Waals surface area contributed by atoms with Crippen molar-refractivity contribution in [2.24, 2.45) is 0 Å². The minimum Gasteiger partial charge on any atom is -0.465 e. The smallest absolute Gasteiger partial charge is 0.337 e. The largest absolute Gasteiger partial charge is 0.465 e. The lowest BCUT2D eigenvalue weighted by Crippen LogP contribution is -2.30. The van der Waals surface area contributed by atoms with Crippen LogP contribution in [0.5, 0.6) is 0 Å². The lowest BCUT2D eigenvalue weighted by Gasteiger charge is -2.29. The van der Waals surface area contributed by atoms with Crippen LogP contribution < -0.4 is 15.5 Å². The Hall–Kier alpha value is -4.54. The van der Waals surface area contributed by atoms with Gasteiger partial charge in [-0.1, -0.05) is 12.1 Å². The molecule has 4 aromatic rings. The zero-order chi connectivity index (χ0) is 28.2. The molecule has 0 spiro atoms. The molecule has 2 atom stereocenters. The predicted octanol–water partition coefficient (Wildman–Crippen LogP) is 4.73. The highest BCUT2D eigenvalue weighted by molar-refractivity contribution is 7.80. The van der Waals surface area contributed by atoms with E-state index in [2.05, 4.69) is 20.5 Å². The summed E-state index contributed by atoms with van der Waals surface area (Å²) >= 11 is 5.89. The molecule has 2 aromatic heterocycles. The Morgan fingerprint density at radius 3 is 2.60 bits per heavy atom. The third-order valence-electron chi connectivity index (χ3n) is 6.76. The van der Waals surface area contributed by atoms with E-state index in [1.165, 1.54) is 14.2 Å². The van der Waals surface area contributed by atoms with Crippen LogP contribution in [0.2, 0.25) is 0 Å². The Kier molecular flexibility index (Phi) is 7.90. The average molecular weight is 556 g/mol. The molecule has 2 aromatic carbocycles. The van der Waals surface area contributed by atoms with E-state index in [1.807, 2.05) is 78.4 Å². The van der Waals surface area contributed by atoms with Gasteiger partial charge in [0.05, 0.1) is 24.4 Å². The summed E-state index contributed by atoms with van der Waals surface area (Å²) < 4.78 is 11.9. The first-order valence-electron chi connectivity index (χ1n) is 12.7. The van der Waals surface area contributed by atoms with Crippen LogP contribution in [0.1, 0.15) is 39.4 Å². The van der Waals surface area contributed by atoms with Gasteiger partial charge in [-0.3, -0.25) is 9.78 Å². The van der Waals surface area contributed by atoms with Gasteiger partial charge in [0.2, 0.25) is 5.91 Å². The number of hydrogen-bond acceptors (Lipinski definition) is 6. The van der Waals surface area contributed by atoms with Crippen molar-refractivity contribution in [3.05, 3.63) is 108 Å². The Labute approximate surface area is 237 Å². The number of nitrogens with one attached hydrogen (secondary N) is 2. The Morgan fingerprint density at radius 1 is 1.02 bits per heavy atom. The van der Waals surface area contributed by atoms with Crippen molar-refractivity contribution in [3.63, 3.8) is 0 Å². The predicted molar refractivity (Wildman–Crippen MR) is 157 cm³/mol. The van der Waals surface area contributed by atoms with Gasteiger partial charge in [-0.25, -0.2) is 4.79 Å². The van der Waals surface area contributed by atoms with Crippen molar-refractivity contribution in [2.45, 2.75) is 19.0 Å². The molecule has 1 aliphatic heterocycles. The summed E-state index contributed by atoms with van der Waals surface area (Å²) in [6, 6.07) is 22.4. The zero-order valence-corrected chi connectivity index (χ0v) is 23.1. The molecular weight excluding hydrogens is 526 g/mol. The fourth-order valence-electron chi connectivity index (χ4n) is 4.96. The van der Waals surface area contributed by atoms with Gasteiger partial charge in [0, 0.05) is 42.3 Å². The summed E-state index contributed by atoms with van der Waals surface area (Å²) in [4.78, 5) is 31.1. The first-order valence-corrected chi connectivity index (χ1v) is 13.1. The molecule has 1 aliphatic rings. The van der Waals surface area contributed by atoms with Gasteiger partial charge in [-0.2, -0.15) is 0 Å². The SMILES string of the molecule is COCC(=O)Nc1ccc(N2C(=S)N[C@H](c3ccccn3)[C@H]2c2cccn2-c2cccc(C(=O)OC)c2)cc1C. The van der Waals surface area contributed by atoms with Gasteiger partial charge in [-0.15, -0.1) is 0 Å². The third-order valence-corrected chi connectivity index (χ3v) is 7.08. The van der Waals surface area contributed by atoms with Gasteiger partial charge < -0.3 is 29.6 Å². The molecule has 1 saturated heterocycles. The Balaban J connectivity index is 1.59. The first kappa shape index (κ1) is 27.0. The van der Waals surface area contributed by atoms with Crippen molar-refractivity contribution >= 4 is 40.6 Å². The van der Waals surface area contributed by atoms with Crippen LogP contribution in [0.15, 0.2) is 85.2 Å². The number of amides is 1. The maximum Gasteiger partial charge on any atom is 0.337 e. The molecule has 40 heavy (non-hydrogen) atoms. The molecule has 0 radical (unpaired) electrons. The number of carbonyl (C=O) groups excluding carboxylic acids is 2. The fourth-order valence-corrected chi connectivity index (χ4v) is 5.31. The second-order valence-electron chi connectivity index (χ2n) is 9.32. The van der Waals surface area contributed by atoms with E-state index in [-0.39, 0.29) is 24.6 Å². The van der Waals surface area contributed by atoms with E-state index in [4.69, 9.17) is 21.7 Å². The van der Waals surface area contributed by atoms with Gasteiger partial charge in [0.15, 0.2) is 5.11 Å². The van der Waals surface area contributed by atoms with Crippen LogP contribution in [0.4, 0.5) is 11.4 Å². The normalized spacial score (nSPS) is 16.5. The summed E-state index contributed by atoms with van der Waals surface area (Å²) in [5.74, 6) is -0.628. The van der Waals surface area contributed by atoms with Gasteiger partial charge in [0.1, 0.15) is 12.6 Å². The number of carbonyl (C=O) groups is 2. The number of pyridine rings is 1. The fraction of sp³-hybridized carbons (Fsp3) is 0.200. The molecule has 204 valence electrons. The monoisotopic (exact) mass is 555 g/mol. The van der Waals surface area contributed by atoms with E-state index in [0.29, 0.717) is 16.4 Å². The molecule has 0 aliphatic carbocycles. The highest BCUT2D eigenvalue weighted by Gasteiger charge is 2.42. The van der Waals surface area contributed by atoms with Crippen molar-refractivity contribution in [1.29, 1.82) is 0 Å². The van der Waals surface area contributed by atoms with Crippen molar-refractivity contribution in [1.82, 2.24) is 14.9 Å². The molecule has 0 bridgehead atoms. The Morgan fingerprint density at radius 2 is 1.88 bits per heavy atom. The van der Waals surface area contributed by atoms with Crippen LogP contribution in [0.3, 0.4) is 0 Å². The van der Waals surface area contributed by atoms with Crippen LogP contribution in [-0.4, -0.2) is 47.4 Å². The number of thiocarbonyl (C=S) groups is 1. The second kappa shape index (κ2) is 11.7. The lowest BCUT2D eigenvalue weighted by atomic mass is 10.00. The summed E-state index contributed by atoms with van der Waals surface area (Å²) in [5.41, 5.74) is 5.50. The number of anilines is 2. The first-order chi connectivity index (χ1) is 19.4. The second-order valence-corrected chi connectivity index (χ2v) is 9.71. The third kappa shape index (κ3) is 5.31. The van der Waals surface area contributed by atoms with E-state index in [0.717, 1.165) is 28.3 Å². The number of nitrogens with zero attached hydrogens (tertiary/aromatic N) is 3. The number of hydrogen-bond donors (Lipinski definition) is 2. The molecule has 5 rings (SSSR count). The van der Waals surface area contributed by atoms with Crippen LogP contribution in [0, 0.1) is 6.92 Å². The number of esters is 1. The number of rotatable bonds is 8. The van der Waals surface area contributed by atoms with Crippen LogP contribution in [0.25, 0.3) is 5.69 Å².